The molecule has 1 aliphatic rings. The molecule has 1 fully saturated rings. The van der Waals surface area contributed by atoms with Crippen LogP contribution in [0.5, 0.6) is 0 Å². The topological polar surface area (TPSA) is 69.2 Å². The zero-order chi connectivity index (χ0) is 24.2. The van der Waals surface area contributed by atoms with Crippen LogP contribution in [0.2, 0.25) is 0 Å². The smallest absolute Gasteiger partial charge is 0.253 e. The average Bonchev–Trinajstić information content (AvgIpc) is 3.54. The highest BCUT2D eigenvalue weighted by Gasteiger charge is 2.22. The Kier molecular flexibility index (Phi) is 6.77. The summed E-state index contributed by atoms with van der Waals surface area (Å²) in [6.07, 6.45) is 12.0. The van der Waals surface area contributed by atoms with Crippen molar-refractivity contribution in [1.29, 1.82) is 0 Å². The first-order chi connectivity index (χ1) is 17.2. The van der Waals surface area contributed by atoms with Crippen LogP contribution < -0.4 is 4.90 Å². The second-order valence-corrected chi connectivity index (χ2v) is 8.70. The maximum absolute atomic E-state index is 6.38. The van der Waals surface area contributed by atoms with Gasteiger partial charge < -0.3 is 14.1 Å². The van der Waals surface area contributed by atoms with Crippen LogP contribution in [0.3, 0.4) is 0 Å². The Hall–Kier alpha value is -3.71. The second kappa shape index (κ2) is 10.3. The Labute approximate surface area is 205 Å². The van der Waals surface area contributed by atoms with E-state index in [1.807, 2.05) is 18.5 Å². The van der Waals surface area contributed by atoms with Crippen molar-refractivity contribution in [1.82, 2.24) is 19.7 Å². The quantitative estimate of drug-likeness (QED) is 0.310. The number of anilines is 1. The molecule has 0 unspecified atom stereocenters. The molecule has 7 heteroatoms. The maximum Gasteiger partial charge on any atom is 0.253 e. The van der Waals surface area contributed by atoms with Crippen molar-refractivity contribution in [3.63, 3.8) is 0 Å². The van der Waals surface area contributed by atoms with Gasteiger partial charge in [0, 0.05) is 30.9 Å². The van der Waals surface area contributed by atoms with E-state index in [1.54, 1.807) is 4.68 Å². The third-order valence-corrected chi connectivity index (χ3v) is 6.16. The zero-order valence-electron chi connectivity index (χ0n) is 20.6. The van der Waals surface area contributed by atoms with E-state index in [2.05, 4.69) is 73.3 Å². The zero-order valence-corrected chi connectivity index (χ0v) is 20.6. The number of hydrogen-bond acceptors (Lipinski definition) is 6. The molecular weight excluding hydrogens is 438 g/mol. The van der Waals surface area contributed by atoms with E-state index in [1.165, 1.54) is 5.56 Å². The monoisotopic (exact) mass is 469 g/mol. The largest absolute Gasteiger partial charge is 0.451 e. The highest BCUT2D eigenvalue weighted by Crippen LogP contribution is 2.32. The molecule has 0 spiro atoms. The molecule has 0 N–H and O–H groups in total. The summed E-state index contributed by atoms with van der Waals surface area (Å²) in [5.41, 5.74) is 5.96. The predicted molar refractivity (Wildman–Crippen MR) is 140 cm³/mol. The van der Waals surface area contributed by atoms with Gasteiger partial charge >= 0.3 is 0 Å². The molecule has 180 valence electrons. The molecule has 4 heterocycles. The molecule has 4 aromatic rings. The fourth-order valence-corrected chi connectivity index (χ4v) is 4.25. The summed E-state index contributed by atoms with van der Waals surface area (Å²) in [7, 11) is 0. The predicted octanol–water partition coefficient (Wildman–Crippen LogP) is 5.98. The summed E-state index contributed by atoms with van der Waals surface area (Å²) >= 11 is 0. The molecule has 5 rings (SSSR count). The molecule has 0 bridgehead atoms. The van der Waals surface area contributed by atoms with Gasteiger partial charge in [-0.3, -0.25) is 0 Å². The molecule has 3 aromatic heterocycles. The number of ether oxygens (including phenoxy) is 1. The minimum absolute atomic E-state index is 0.526. The number of furan rings is 1. The minimum Gasteiger partial charge on any atom is -0.451 e. The number of aryl methyl sites for hydroxylation is 1. The SMILES string of the molecule is CC/C=C/C=C(\CC)c1cc2nc(-n3cc(-c4cccc(C)c4)cn3)nc(N3CCOCC3)c2o1. The van der Waals surface area contributed by atoms with Crippen LogP contribution in [0.25, 0.3) is 33.7 Å². The lowest BCUT2D eigenvalue weighted by Crippen LogP contribution is -2.37. The van der Waals surface area contributed by atoms with E-state index in [4.69, 9.17) is 19.1 Å². The molecule has 0 atom stereocenters. The van der Waals surface area contributed by atoms with Crippen molar-refractivity contribution < 1.29 is 9.15 Å². The van der Waals surface area contributed by atoms with Gasteiger partial charge in [-0.1, -0.05) is 61.9 Å². The molecule has 35 heavy (non-hydrogen) atoms. The molecule has 1 aromatic carbocycles. The van der Waals surface area contributed by atoms with Gasteiger partial charge in [0.15, 0.2) is 11.4 Å². The standard InChI is InChI=1S/C28H31N5O2/c1-4-6-7-10-21(5-2)25-17-24-26(35-25)27(32-12-14-34-15-13-32)31-28(30-24)33-19-23(18-29-33)22-11-8-9-20(3)16-22/h6-11,16-19H,4-5,12-15H2,1-3H3/b7-6+,21-10+. The lowest BCUT2D eigenvalue weighted by molar-refractivity contribution is 0.122. The summed E-state index contributed by atoms with van der Waals surface area (Å²) in [5, 5.41) is 4.59. The summed E-state index contributed by atoms with van der Waals surface area (Å²) in [6.45, 7) is 9.19. The Morgan fingerprint density at radius 1 is 1.09 bits per heavy atom. The highest BCUT2D eigenvalue weighted by molar-refractivity contribution is 5.88. The van der Waals surface area contributed by atoms with E-state index in [-0.39, 0.29) is 0 Å². The van der Waals surface area contributed by atoms with E-state index < -0.39 is 0 Å². The van der Waals surface area contributed by atoms with E-state index >= 15 is 0 Å². The van der Waals surface area contributed by atoms with Crippen LogP contribution in [-0.2, 0) is 4.74 Å². The Morgan fingerprint density at radius 3 is 2.71 bits per heavy atom. The summed E-state index contributed by atoms with van der Waals surface area (Å²) in [6, 6.07) is 10.4. The third kappa shape index (κ3) is 4.91. The van der Waals surface area contributed by atoms with Gasteiger partial charge in [-0.25, -0.2) is 9.67 Å². The number of allylic oxidation sites excluding steroid dienone is 4. The van der Waals surface area contributed by atoms with Crippen LogP contribution in [0.15, 0.2) is 65.4 Å². The molecule has 0 saturated carbocycles. The highest BCUT2D eigenvalue weighted by atomic mass is 16.5. The van der Waals surface area contributed by atoms with Crippen LogP contribution in [-0.4, -0.2) is 46.1 Å². The van der Waals surface area contributed by atoms with Crippen molar-refractivity contribution in [3.05, 3.63) is 72.3 Å². The molecule has 0 aliphatic carbocycles. The van der Waals surface area contributed by atoms with Crippen LogP contribution in [0, 0.1) is 6.92 Å². The summed E-state index contributed by atoms with van der Waals surface area (Å²) < 4.78 is 13.7. The molecule has 1 saturated heterocycles. The van der Waals surface area contributed by atoms with Gasteiger partial charge in [0.1, 0.15) is 11.3 Å². The molecule has 1 aliphatic heterocycles. The fraction of sp³-hybridized carbons (Fsp3) is 0.321. The number of morpholine rings is 1. The molecule has 7 nitrogen and oxygen atoms in total. The van der Waals surface area contributed by atoms with E-state index in [0.717, 1.165) is 59.7 Å². The van der Waals surface area contributed by atoms with Crippen molar-refractivity contribution in [2.24, 2.45) is 0 Å². The normalized spacial score (nSPS) is 14.9. The minimum atomic E-state index is 0.526. The van der Waals surface area contributed by atoms with E-state index in [9.17, 15) is 0 Å². The number of fused-ring (bicyclic) bond motifs is 1. The Morgan fingerprint density at radius 2 is 1.94 bits per heavy atom. The van der Waals surface area contributed by atoms with Gasteiger partial charge in [-0.15, -0.1) is 0 Å². The van der Waals surface area contributed by atoms with Crippen LogP contribution in [0.4, 0.5) is 5.82 Å². The van der Waals surface area contributed by atoms with Crippen molar-refractivity contribution >= 4 is 22.5 Å². The summed E-state index contributed by atoms with van der Waals surface area (Å²) in [5.74, 6) is 2.13. The van der Waals surface area contributed by atoms with Crippen molar-refractivity contribution in [2.75, 3.05) is 31.2 Å². The third-order valence-electron chi connectivity index (χ3n) is 6.16. The first kappa shape index (κ1) is 23.1. The maximum atomic E-state index is 6.38. The number of hydrogen-bond donors (Lipinski definition) is 0. The van der Waals surface area contributed by atoms with Crippen LogP contribution in [0.1, 0.15) is 38.0 Å². The molecular formula is C28H31N5O2. The number of rotatable bonds is 7. The van der Waals surface area contributed by atoms with Gasteiger partial charge in [0.05, 0.1) is 19.4 Å². The number of benzene rings is 1. The van der Waals surface area contributed by atoms with Crippen molar-refractivity contribution in [2.45, 2.75) is 33.6 Å². The number of aromatic nitrogens is 4. The first-order valence-corrected chi connectivity index (χ1v) is 12.3. The van der Waals surface area contributed by atoms with Gasteiger partial charge in [0.2, 0.25) is 0 Å². The van der Waals surface area contributed by atoms with Gasteiger partial charge in [-0.05, 0) is 30.9 Å². The first-order valence-electron chi connectivity index (χ1n) is 12.3. The Bertz CT molecular complexity index is 1380. The Balaban J connectivity index is 1.60. The van der Waals surface area contributed by atoms with E-state index in [0.29, 0.717) is 24.7 Å². The summed E-state index contributed by atoms with van der Waals surface area (Å²) in [4.78, 5) is 12.0. The molecule has 0 amide bonds. The van der Waals surface area contributed by atoms with Gasteiger partial charge in [0.25, 0.3) is 5.95 Å². The lowest BCUT2D eigenvalue weighted by Gasteiger charge is -2.27. The average molecular weight is 470 g/mol. The number of nitrogens with zero attached hydrogens (tertiary/aromatic N) is 5. The fourth-order valence-electron chi connectivity index (χ4n) is 4.25. The second-order valence-electron chi connectivity index (χ2n) is 8.70. The lowest BCUT2D eigenvalue weighted by atomic mass is 10.1. The van der Waals surface area contributed by atoms with Crippen molar-refractivity contribution in [3.8, 4) is 17.1 Å². The molecule has 0 radical (unpaired) electrons. The van der Waals surface area contributed by atoms with Gasteiger partial charge in [-0.2, -0.15) is 10.1 Å². The van der Waals surface area contributed by atoms with Crippen LogP contribution >= 0.6 is 0 Å².